The van der Waals surface area contributed by atoms with E-state index in [2.05, 4.69) is 10.2 Å². The Labute approximate surface area is 84.3 Å². The molecular weight excluding hydrogens is 211 g/mol. The minimum atomic E-state index is -3.96. The first-order valence-electron chi connectivity index (χ1n) is 4.01. The number of primary amides is 1. The Kier molecular flexibility index (Phi) is 5.29. The van der Waals surface area contributed by atoms with Crippen molar-refractivity contribution in [3.05, 3.63) is 24.0 Å². The van der Waals surface area contributed by atoms with Crippen LogP contribution in [0.5, 0.6) is 0 Å². The lowest BCUT2D eigenvalue weighted by molar-refractivity contribution is -0.130. The molecule has 1 aromatic heterocycles. The average molecular weight is 221 g/mol. The van der Waals surface area contributed by atoms with Crippen molar-refractivity contribution in [2.24, 2.45) is 5.73 Å². The lowest BCUT2D eigenvalue weighted by Gasteiger charge is -1.96. The van der Waals surface area contributed by atoms with E-state index in [1.807, 2.05) is 0 Å². The Morgan fingerprint density at radius 2 is 2.07 bits per heavy atom. The smallest absolute Gasteiger partial charge is 0.364 e. The third kappa shape index (κ3) is 7.41. The highest BCUT2D eigenvalue weighted by molar-refractivity contribution is 5.90. The Morgan fingerprint density at radius 1 is 1.53 bits per heavy atom. The van der Waals surface area contributed by atoms with E-state index < -0.39 is 18.5 Å². The van der Waals surface area contributed by atoms with Crippen molar-refractivity contribution in [1.29, 1.82) is 0 Å². The summed E-state index contributed by atoms with van der Waals surface area (Å²) in [5.74, 6) is -0.553. The van der Waals surface area contributed by atoms with Crippen molar-refractivity contribution >= 4 is 5.91 Å². The van der Waals surface area contributed by atoms with Crippen molar-refractivity contribution in [3.8, 4) is 0 Å². The summed E-state index contributed by atoms with van der Waals surface area (Å²) in [5, 5.41) is 6.91. The number of carbonyl (C=O) groups excluding carboxylic acids is 1. The van der Waals surface area contributed by atoms with Gasteiger partial charge in [0, 0.05) is 12.6 Å². The fraction of sp³-hybridized carbons (Fsp3) is 0.375. The van der Waals surface area contributed by atoms with E-state index in [1.165, 1.54) is 12.3 Å². The first-order valence-corrected chi connectivity index (χ1v) is 4.01. The van der Waals surface area contributed by atoms with Crippen LogP contribution >= 0.6 is 0 Å². The average Bonchev–Trinajstić information content (AvgIpc) is 2.19. The molecule has 0 bridgehead atoms. The molecule has 0 aromatic carbocycles. The van der Waals surface area contributed by atoms with Crippen LogP contribution in [-0.4, -0.2) is 22.3 Å². The van der Waals surface area contributed by atoms with Crippen LogP contribution in [0.4, 0.5) is 13.2 Å². The molecule has 0 saturated carbocycles. The van der Waals surface area contributed by atoms with Crippen molar-refractivity contribution in [3.63, 3.8) is 0 Å². The maximum absolute atomic E-state index is 10.8. The Balaban J connectivity index is 0.000000288. The zero-order valence-electron chi connectivity index (χ0n) is 7.95. The van der Waals surface area contributed by atoms with Gasteiger partial charge >= 0.3 is 6.18 Å². The number of aromatic nitrogens is 2. The molecule has 1 heterocycles. The molecule has 0 radical (unpaired) electrons. The van der Waals surface area contributed by atoms with Gasteiger partial charge in [-0.3, -0.25) is 4.79 Å². The number of alkyl halides is 3. The van der Waals surface area contributed by atoms with Gasteiger partial charge in [0.25, 0.3) is 5.91 Å². The van der Waals surface area contributed by atoms with E-state index in [4.69, 9.17) is 5.73 Å². The first kappa shape index (κ1) is 13.3. The Hall–Kier alpha value is -1.66. The predicted octanol–water partition coefficient (Wildman–Crippen LogP) is 1.53. The molecule has 4 nitrogen and oxygen atoms in total. The van der Waals surface area contributed by atoms with E-state index in [0.717, 1.165) is 6.92 Å². The SMILES string of the molecule is CCC(F)(F)F.NC(=O)c1cccnn1. The summed E-state index contributed by atoms with van der Waals surface area (Å²) in [6.45, 7) is 1.08. The van der Waals surface area contributed by atoms with Gasteiger partial charge in [-0.25, -0.2) is 0 Å². The number of carbonyl (C=O) groups is 1. The second kappa shape index (κ2) is 5.94. The van der Waals surface area contributed by atoms with Gasteiger partial charge in [-0.1, -0.05) is 6.92 Å². The van der Waals surface area contributed by atoms with Crippen LogP contribution in [0.1, 0.15) is 23.8 Å². The summed E-state index contributed by atoms with van der Waals surface area (Å²) in [4.78, 5) is 10.3. The van der Waals surface area contributed by atoms with Gasteiger partial charge in [0.2, 0.25) is 0 Å². The number of halogens is 3. The van der Waals surface area contributed by atoms with Crippen LogP contribution in [0.15, 0.2) is 18.3 Å². The molecule has 7 heteroatoms. The van der Waals surface area contributed by atoms with Gasteiger partial charge in [-0.15, -0.1) is 5.10 Å². The fourth-order valence-electron chi connectivity index (χ4n) is 0.433. The van der Waals surface area contributed by atoms with Gasteiger partial charge < -0.3 is 5.73 Å². The highest BCUT2D eigenvalue weighted by atomic mass is 19.4. The highest BCUT2D eigenvalue weighted by Gasteiger charge is 2.22. The highest BCUT2D eigenvalue weighted by Crippen LogP contribution is 2.17. The lowest BCUT2D eigenvalue weighted by atomic mass is 10.4. The summed E-state index contributed by atoms with van der Waals surface area (Å²) in [6, 6.07) is 3.11. The van der Waals surface area contributed by atoms with Gasteiger partial charge in [0.1, 0.15) is 0 Å². The molecule has 0 aliphatic rings. The summed E-state index contributed by atoms with van der Waals surface area (Å²) in [6.07, 6.45) is -3.21. The second-order valence-corrected chi connectivity index (χ2v) is 2.44. The van der Waals surface area contributed by atoms with Crippen LogP contribution < -0.4 is 5.73 Å². The first-order chi connectivity index (χ1) is 6.87. The summed E-state index contributed by atoms with van der Waals surface area (Å²) < 4.78 is 32.4. The Bertz CT molecular complexity index is 300. The van der Waals surface area contributed by atoms with Gasteiger partial charge in [0.15, 0.2) is 5.69 Å². The molecule has 84 valence electrons. The normalized spacial score (nSPS) is 10.1. The third-order valence-corrected chi connectivity index (χ3v) is 1.23. The molecule has 0 unspecified atom stereocenters. The summed E-state index contributed by atoms with van der Waals surface area (Å²) in [7, 11) is 0. The molecule has 2 N–H and O–H groups in total. The molecule has 1 rings (SSSR count). The van der Waals surface area contributed by atoms with E-state index in [0.29, 0.717) is 0 Å². The molecule has 0 aliphatic heterocycles. The van der Waals surface area contributed by atoms with E-state index in [1.54, 1.807) is 6.07 Å². The standard InChI is InChI=1S/C5H5N3O.C3H5F3/c6-5(9)4-2-1-3-7-8-4;1-2-3(4,5)6/h1-3H,(H2,6,9);2H2,1H3. The zero-order valence-corrected chi connectivity index (χ0v) is 7.95. The maximum atomic E-state index is 10.8. The van der Waals surface area contributed by atoms with Crippen LogP contribution in [0.2, 0.25) is 0 Å². The number of amides is 1. The molecule has 0 fully saturated rings. The summed E-state index contributed by atoms with van der Waals surface area (Å²) in [5.41, 5.74) is 5.06. The van der Waals surface area contributed by atoms with Gasteiger partial charge in [0.05, 0.1) is 0 Å². The molecule has 1 amide bonds. The number of hydrogen-bond acceptors (Lipinski definition) is 3. The predicted molar refractivity (Wildman–Crippen MR) is 46.9 cm³/mol. The largest absolute Gasteiger partial charge is 0.388 e. The van der Waals surface area contributed by atoms with Crippen LogP contribution in [0.25, 0.3) is 0 Å². The van der Waals surface area contributed by atoms with Crippen molar-refractivity contribution in [2.75, 3.05) is 0 Å². The topological polar surface area (TPSA) is 68.9 Å². The molecule has 0 saturated heterocycles. The second-order valence-electron chi connectivity index (χ2n) is 2.44. The van der Waals surface area contributed by atoms with E-state index >= 15 is 0 Å². The van der Waals surface area contributed by atoms with Crippen LogP contribution in [-0.2, 0) is 0 Å². The minimum absolute atomic E-state index is 0.192. The van der Waals surface area contributed by atoms with Crippen molar-refractivity contribution < 1.29 is 18.0 Å². The third-order valence-electron chi connectivity index (χ3n) is 1.23. The number of nitrogens with zero attached hydrogens (tertiary/aromatic N) is 2. The van der Waals surface area contributed by atoms with Gasteiger partial charge in [-0.05, 0) is 12.1 Å². The molecule has 15 heavy (non-hydrogen) atoms. The lowest BCUT2D eigenvalue weighted by Crippen LogP contribution is -2.12. The monoisotopic (exact) mass is 221 g/mol. The molecule has 0 atom stereocenters. The van der Waals surface area contributed by atoms with E-state index in [9.17, 15) is 18.0 Å². The van der Waals surface area contributed by atoms with E-state index in [-0.39, 0.29) is 5.69 Å². The Morgan fingerprint density at radius 3 is 2.27 bits per heavy atom. The zero-order chi connectivity index (χ0) is 11.9. The number of hydrogen-bond donors (Lipinski definition) is 1. The number of nitrogens with two attached hydrogens (primary N) is 1. The minimum Gasteiger partial charge on any atom is -0.364 e. The maximum Gasteiger partial charge on any atom is 0.388 e. The van der Waals surface area contributed by atoms with Crippen LogP contribution in [0.3, 0.4) is 0 Å². The van der Waals surface area contributed by atoms with Crippen molar-refractivity contribution in [1.82, 2.24) is 10.2 Å². The molecule has 1 aromatic rings. The van der Waals surface area contributed by atoms with Gasteiger partial charge in [-0.2, -0.15) is 18.3 Å². The summed E-state index contributed by atoms with van der Waals surface area (Å²) >= 11 is 0. The van der Waals surface area contributed by atoms with Crippen LogP contribution in [0, 0.1) is 0 Å². The quantitative estimate of drug-likeness (QED) is 0.781. The molecular formula is C8H10F3N3O. The van der Waals surface area contributed by atoms with Crippen molar-refractivity contribution in [2.45, 2.75) is 19.5 Å². The molecule has 0 spiro atoms. The number of rotatable bonds is 1. The fourth-order valence-corrected chi connectivity index (χ4v) is 0.433. The molecule has 0 aliphatic carbocycles.